The SMILES string of the molecule is O=C1CCC(N2Cc3nc([C@]4(O)CCN(Cc5ccc(C(F)(F)F)cc5)CC45CCCCC5)ccc3C2=O)C(=O)N1. The first-order valence-corrected chi connectivity index (χ1v) is 14.3. The highest BCUT2D eigenvalue weighted by Crippen LogP contribution is 2.54. The monoisotopic (exact) mass is 570 g/mol. The van der Waals surface area contributed by atoms with Gasteiger partial charge in [-0.15, -0.1) is 0 Å². The number of benzene rings is 1. The number of pyridine rings is 1. The van der Waals surface area contributed by atoms with E-state index in [1.165, 1.54) is 17.0 Å². The van der Waals surface area contributed by atoms with Crippen LogP contribution >= 0.6 is 0 Å². The lowest BCUT2D eigenvalue weighted by Gasteiger charge is -2.55. The Morgan fingerprint density at radius 3 is 2.41 bits per heavy atom. The molecule has 1 aromatic carbocycles. The number of rotatable bonds is 4. The highest BCUT2D eigenvalue weighted by molar-refractivity contribution is 6.05. The first kappa shape index (κ1) is 27.8. The normalized spacial score (nSPS) is 26.8. The van der Waals surface area contributed by atoms with Crippen LogP contribution in [0.4, 0.5) is 13.2 Å². The summed E-state index contributed by atoms with van der Waals surface area (Å²) in [6.45, 7) is 1.75. The topological polar surface area (TPSA) is 103 Å². The van der Waals surface area contributed by atoms with E-state index in [2.05, 4.69) is 10.2 Å². The van der Waals surface area contributed by atoms with Gasteiger partial charge in [-0.25, -0.2) is 0 Å². The van der Waals surface area contributed by atoms with Crippen molar-refractivity contribution in [2.24, 2.45) is 5.41 Å². The van der Waals surface area contributed by atoms with Gasteiger partial charge < -0.3 is 10.0 Å². The number of amides is 3. The average Bonchev–Trinajstić information content (AvgIpc) is 3.26. The summed E-state index contributed by atoms with van der Waals surface area (Å²) < 4.78 is 39.1. The third kappa shape index (κ3) is 4.92. The molecule has 1 aliphatic carbocycles. The summed E-state index contributed by atoms with van der Waals surface area (Å²) in [6, 6.07) is 7.94. The molecule has 2 atom stereocenters. The van der Waals surface area contributed by atoms with Gasteiger partial charge in [0.15, 0.2) is 0 Å². The Balaban J connectivity index is 1.24. The minimum Gasteiger partial charge on any atom is -0.383 e. The summed E-state index contributed by atoms with van der Waals surface area (Å²) in [5, 5.41) is 14.7. The van der Waals surface area contributed by atoms with Crippen molar-refractivity contribution in [3.8, 4) is 0 Å². The molecule has 4 heterocycles. The van der Waals surface area contributed by atoms with E-state index in [9.17, 15) is 32.7 Å². The van der Waals surface area contributed by atoms with Gasteiger partial charge in [-0.3, -0.25) is 29.6 Å². The van der Waals surface area contributed by atoms with Crippen LogP contribution in [0.5, 0.6) is 0 Å². The van der Waals surface area contributed by atoms with Gasteiger partial charge in [0.2, 0.25) is 11.8 Å². The average molecular weight is 571 g/mol. The smallest absolute Gasteiger partial charge is 0.383 e. The number of fused-ring (bicyclic) bond motifs is 1. The van der Waals surface area contributed by atoms with Crippen LogP contribution in [0.3, 0.4) is 0 Å². The fourth-order valence-corrected chi connectivity index (χ4v) is 7.28. The number of nitrogens with one attached hydrogen (secondary N) is 1. The van der Waals surface area contributed by atoms with Crippen LogP contribution in [0.15, 0.2) is 36.4 Å². The predicted molar refractivity (Wildman–Crippen MR) is 141 cm³/mol. The summed E-state index contributed by atoms with van der Waals surface area (Å²) >= 11 is 0. The second-order valence-electron chi connectivity index (χ2n) is 11.9. The third-order valence-electron chi connectivity index (χ3n) is 9.49. The largest absolute Gasteiger partial charge is 0.416 e. The molecular weight excluding hydrogens is 537 g/mol. The van der Waals surface area contributed by atoms with E-state index in [0.717, 1.165) is 49.8 Å². The van der Waals surface area contributed by atoms with E-state index in [-0.39, 0.29) is 31.2 Å². The molecule has 2 aromatic rings. The fourth-order valence-electron chi connectivity index (χ4n) is 7.28. The molecule has 41 heavy (non-hydrogen) atoms. The van der Waals surface area contributed by atoms with Gasteiger partial charge in [0, 0.05) is 31.5 Å². The second kappa shape index (κ2) is 10.2. The summed E-state index contributed by atoms with van der Waals surface area (Å²) in [5.41, 5.74) is -0.159. The van der Waals surface area contributed by atoms with Crippen LogP contribution in [-0.2, 0) is 34.5 Å². The molecule has 3 fully saturated rings. The Morgan fingerprint density at radius 1 is 1.00 bits per heavy atom. The standard InChI is InChI=1S/C30H33F3N4O4/c31-30(32,33)20-6-4-19(5-7-20)16-36-15-14-29(41,28(18-36)12-2-1-3-13-28)24-10-8-21-22(34-24)17-37(27(21)40)23-9-11-25(38)35-26(23)39/h4-8,10,23,41H,1-3,9,11-18H2,(H,35,38,39)/t23?,29-/m1/s1. The third-order valence-corrected chi connectivity index (χ3v) is 9.49. The Bertz CT molecular complexity index is 1370. The van der Waals surface area contributed by atoms with Crippen LogP contribution in [0.25, 0.3) is 0 Å². The van der Waals surface area contributed by atoms with E-state index in [1.54, 1.807) is 12.1 Å². The number of carbonyl (C=O) groups is 3. The molecule has 6 rings (SSSR count). The lowest BCUT2D eigenvalue weighted by atomic mass is 9.59. The molecule has 2 N–H and O–H groups in total. The maximum Gasteiger partial charge on any atom is 0.416 e. The molecule has 4 aliphatic rings. The highest BCUT2D eigenvalue weighted by Gasteiger charge is 2.56. The van der Waals surface area contributed by atoms with Crippen molar-refractivity contribution in [1.82, 2.24) is 20.1 Å². The van der Waals surface area contributed by atoms with E-state index in [4.69, 9.17) is 4.98 Å². The Morgan fingerprint density at radius 2 is 1.73 bits per heavy atom. The van der Waals surface area contributed by atoms with E-state index < -0.39 is 34.7 Å². The number of imide groups is 1. The highest BCUT2D eigenvalue weighted by atomic mass is 19.4. The zero-order chi connectivity index (χ0) is 29.0. The Labute approximate surface area is 235 Å². The molecule has 218 valence electrons. The minimum absolute atomic E-state index is 0.136. The number of hydrogen-bond donors (Lipinski definition) is 2. The maximum atomic E-state index is 13.2. The van der Waals surface area contributed by atoms with Crippen molar-refractivity contribution in [1.29, 1.82) is 0 Å². The van der Waals surface area contributed by atoms with Crippen LogP contribution < -0.4 is 5.32 Å². The zero-order valence-electron chi connectivity index (χ0n) is 22.7. The fraction of sp³-hybridized carbons (Fsp3) is 0.533. The molecule has 1 saturated carbocycles. The number of hydrogen-bond acceptors (Lipinski definition) is 6. The Kier molecular flexibility index (Phi) is 6.93. The van der Waals surface area contributed by atoms with Gasteiger partial charge in [-0.2, -0.15) is 13.2 Å². The first-order valence-electron chi connectivity index (χ1n) is 14.3. The van der Waals surface area contributed by atoms with E-state index in [1.807, 2.05) is 0 Å². The zero-order valence-corrected chi connectivity index (χ0v) is 22.7. The lowest BCUT2D eigenvalue weighted by Crippen LogP contribution is -2.59. The van der Waals surface area contributed by atoms with Crippen LogP contribution in [0.2, 0.25) is 0 Å². The number of nitrogens with zero attached hydrogens (tertiary/aromatic N) is 3. The van der Waals surface area contributed by atoms with Crippen LogP contribution in [0, 0.1) is 5.41 Å². The van der Waals surface area contributed by atoms with Gasteiger partial charge in [0.25, 0.3) is 5.91 Å². The summed E-state index contributed by atoms with van der Waals surface area (Å²) in [6.07, 6.45) is 1.05. The number of likely N-dealkylation sites (tertiary alicyclic amines) is 1. The quantitative estimate of drug-likeness (QED) is 0.541. The first-order chi connectivity index (χ1) is 19.5. The van der Waals surface area contributed by atoms with Crippen molar-refractivity contribution >= 4 is 17.7 Å². The van der Waals surface area contributed by atoms with Crippen molar-refractivity contribution < 1.29 is 32.7 Å². The van der Waals surface area contributed by atoms with Crippen molar-refractivity contribution in [2.75, 3.05) is 13.1 Å². The molecule has 2 saturated heterocycles. The predicted octanol–water partition coefficient (Wildman–Crippen LogP) is 3.91. The number of carbonyl (C=O) groups excluding carboxylic acids is 3. The molecule has 1 spiro atoms. The maximum absolute atomic E-state index is 13.2. The van der Waals surface area contributed by atoms with Gasteiger partial charge in [0.05, 0.1) is 29.1 Å². The molecular formula is C30H33F3N4O4. The molecule has 8 nitrogen and oxygen atoms in total. The van der Waals surface area contributed by atoms with Gasteiger partial charge >= 0.3 is 6.18 Å². The van der Waals surface area contributed by atoms with Crippen molar-refractivity contribution in [3.05, 3.63) is 64.5 Å². The minimum atomic E-state index is -4.38. The van der Waals surface area contributed by atoms with E-state index in [0.29, 0.717) is 43.0 Å². The number of piperidine rings is 2. The molecule has 3 amide bonds. The van der Waals surface area contributed by atoms with Crippen molar-refractivity contribution in [3.63, 3.8) is 0 Å². The number of halogens is 3. The van der Waals surface area contributed by atoms with Crippen LogP contribution in [0.1, 0.15) is 84.2 Å². The van der Waals surface area contributed by atoms with Crippen molar-refractivity contribution in [2.45, 2.75) is 82.3 Å². The van der Waals surface area contributed by atoms with Crippen LogP contribution in [-0.4, -0.2) is 56.7 Å². The summed E-state index contributed by atoms with van der Waals surface area (Å²) in [4.78, 5) is 45.7. The summed E-state index contributed by atoms with van der Waals surface area (Å²) in [7, 11) is 0. The van der Waals surface area contributed by atoms with E-state index >= 15 is 0 Å². The number of alkyl halides is 3. The molecule has 1 aromatic heterocycles. The summed E-state index contributed by atoms with van der Waals surface area (Å²) in [5.74, 6) is -1.14. The molecule has 11 heteroatoms. The van der Waals surface area contributed by atoms with Gasteiger partial charge in [-0.1, -0.05) is 31.4 Å². The molecule has 3 aliphatic heterocycles. The number of aliphatic hydroxyl groups is 1. The Hall–Kier alpha value is -3.31. The van der Waals surface area contributed by atoms with Gasteiger partial charge in [0.1, 0.15) is 11.6 Å². The van der Waals surface area contributed by atoms with Gasteiger partial charge in [-0.05, 0) is 55.5 Å². The second-order valence-corrected chi connectivity index (χ2v) is 11.9. The number of aromatic nitrogens is 1. The molecule has 0 radical (unpaired) electrons. The molecule has 0 bridgehead atoms. The molecule has 1 unspecified atom stereocenters. The lowest BCUT2D eigenvalue weighted by molar-refractivity contribution is -0.162.